The Balaban J connectivity index is 1.40. The molecule has 0 aliphatic carbocycles. The number of hydrogen-bond donors (Lipinski definition) is 0. The van der Waals surface area contributed by atoms with Gasteiger partial charge in [0, 0.05) is 24.5 Å². The first kappa shape index (κ1) is 19.2. The molecule has 0 spiro atoms. The first-order valence-corrected chi connectivity index (χ1v) is 10.8. The molecule has 9 heteroatoms. The lowest BCUT2D eigenvalue weighted by molar-refractivity contribution is -0.141. The van der Waals surface area contributed by atoms with E-state index in [1.807, 2.05) is 64.0 Å². The van der Waals surface area contributed by atoms with E-state index in [1.165, 1.54) is 11.8 Å². The lowest BCUT2D eigenvalue weighted by atomic mass is 10.2. The van der Waals surface area contributed by atoms with Crippen LogP contribution in [0.3, 0.4) is 0 Å². The number of thiophene rings is 1. The van der Waals surface area contributed by atoms with Gasteiger partial charge < -0.3 is 13.7 Å². The van der Waals surface area contributed by atoms with Crippen LogP contribution in [0.2, 0.25) is 0 Å². The van der Waals surface area contributed by atoms with Gasteiger partial charge in [-0.2, -0.15) is 5.26 Å². The van der Waals surface area contributed by atoms with Crippen LogP contribution in [0.1, 0.15) is 18.1 Å². The molecule has 4 aromatic heterocycles. The Labute approximate surface area is 175 Å². The third-order valence-electron chi connectivity index (χ3n) is 4.36. The zero-order valence-corrected chi connectivity index (χ0v) is 17.2. The monoisotopic (exact) mass is 423 g/mol. The third kappa shape index (κ3) is 3.90. The molecule has 0 aromatic carbocycles. The predicted octanol–water partition coefficient (Wildman–Crippen LogP) is 3.99. The van der Waals surface area contributed by atoms with Crippen molar-refractivity contribution in [2.75, 3.05) is 5.75 Å². The molecule has 29 heavy (non-hydrogen) atoms. The summed E-state index contributed by atoms with van der Waals surface area (Å²) in [4.78, 5) is 13.3. The first-order chi connectivity index (χ1) is 14.2. The smallest absolute Gasteiger partial charge is 0.316 e. The number of esters is 1. The van der Waals surface area contributed by atoms with Crippen LogP contribution in [0, 0.1) is 11.3 Å². The van der Waals surface area contributed by atoms with Gasteiger partial charge in [0.05, 0.1) is 21.7 Å². The Hall–Kier alpha value is -3.09. The molecule has 0 radical (unpaired) electrons. The molecule has 7 nitrogen and oxygen atoms in total. The van der Waals surface area contributed by atoms with Crippen molar-refractivity contribution in [2.45, 2.75) is 25.2 Å². The van der Waals surface area contributed by atoms with Crippen LogP contribution in [0.5, 0.6) is 0 Å². The lowest BCUT2D eigenvalue weighted by Crippen LogP contribution is -2.09. The summed E-state index contributed by atoms with van der Waals surface area (Å²) < 4.78 is 9.23. The number of fused-ring (bicyclic) bond motifs is 1. The Morgan fingerprint density at radius 2 is 2.21 bits per heavy atom. The van der Waals surface area contributed by atoms with E-state index >= 15 is 0 Å². The fourth-order valence-corrected chi connectivity index (χ4v) is 4.53. The number of nitriles is 1. The quantitative estimate of drug-likeness (QED) is 0.330. The first-order valence-electron chi connectivity index (χ1n) is 8.95. The lowest BCUT2D eigenvalue weighted by Gasteiger charge is -2.06. The molecule has 0 bridgehead atoms. The zero-order valence-electron chi connectivity index (χ0n) is 15.6. The van der Waals surface area contributed by atoms with Crippen LogP contribution in [0.4, 0.5) is 0 Å². The van der Waals surface area contributed by atoms with Crippen molar-refractivity contribution >= 4 is 34.6 Å². The van der Waals surface area contributed by atoms with Crippen LogP contribution >= 0.6 is 23.1 Å². The summed E-state index contributed by atoms with van der Waals surface area (Å²) in [6.07, 6.45) is 3.68. The van der Waals surface area contributed by atoms with Crippen LogP contribution in [-0.4, -0.2) is 30.9 Å². The highest BCUT2D eigenvalue weighted by Crippen LogP contribution is 2.27. The van der Waals surface area contributed by atoms with E-state index in [9.17, 15) is 10.1 Å². The molecular weight excluding hydrogens is 406 g/mol. The van der Waals surface area contributed by atoms with E-state index in [1.54, 1.807) is 11.3 Å². The maximum absolute atomic E-state index is 12.3. The summed E-state index contributed by atoms with van der Waals surface area (Å²) in [7, 11) is 0. The molecular formula is C20H17N5O2S2. The summed E-state index contributed by atoms with van der Waals surface area (Å²) in [5.74, 6) is 0.563. The minimum atomic E-state index is -0.363. The van der Waals surface area contributed by atoms with E-state index in [2.05, 4.69) is 16.3 Å². The van der Waals surface area contributed by atoms with Gasteiger partial charge in [0.1, 0.15) is 12.7 Å². The van der Waals surface area contributed by atoms with Crippen LogP contribution < -0.4 is 0 Å². The van der Waals surface area contributed by atoms with Gasteiger partial charge in [0.15, 0.2) is 11.0 Å². The third-order valence-corrected chi connectivity index (χ3v) is 6.16. The van der Waals surface area contributed by atoms with Crippen molar-refractivity contribution in [1.29, 1.82) is 5.26 Å². The maximum Gasteiger partial charge on any atom is 0.316 e. The van der Waals surface area contributed by atoms with Gasteiger partial charge in [0.25, 0.3) is 0 Å². The maximum atomic E-state index is 12.3. The van der Waals surface area contributed by atoms with Crippen LogP contribution in [0.15, 0.2) is 53.3 Å². The molecule has 0 amide bonds. The minimum absolute atomic E-state index is 0.0604. The average molecular weight is 424 g/mol. The second-order valence-electron chi connectivity index (χ2n) is 6.11. The van der Waals surface area contributed by atoms with Crippen molar-refractivity contribution in [2.24, 2.45) is 0 Å². The van der Waals surface area contributed by atoms with E-state index in [4.69, 9.17) is 4.74 Å². The predicted molar refractivity (Wildman–Crippen MR) is 112 cm³/mol. The van der Waals surface area contributed by atoms with Crippen molar-refractivity contribution < 1.29 is 9.53 Å². The molecule has 0 saturated heterocycles. The van der Waals surface area contributed by atoms with Crippen LogP contribution in [0.25, 0.3) is 16.2 Å². The van der Waals surface area contributed by atoms with Gasteiger partial charge in [-0.15, -0.1) is 21.5 Å². The zero-order chi connectivity index (χ0) is 20.2. The molecule has 0 fully saturated rings. The van der Waals surface area contributed by atoms with Gasteiger partial charge in [0.2, 0.25) is 0 Å². The normalized spacial score (nSPS) is 10.9. The largest absolute Gasteiger partial charge is 0.460 e. The van der Waals surface area contributed by atoms with Crippen molar-refractivity contribution in [3.8, 4) is 16.8 Å². The minimum Gasteiger partial charge on any atom is -0.460 e. The highest BCUT2D eigenvalue weighted by atomic mass is 32.2. The molecule has 4 rings (SSSR count). The second kappa shape index (κ2) is 8.51. The summed E-state index contributed by atoms with van der Waals surface area (Å²) >= 11 is 2.90. The van der Waals surface area contributed by atoms with Gasteiger partial charge in [-0.05, 0) is 30.5 Å². The van der Waals surface area contributed by atoms with Crippen molar-refractivity contribution in [3.63, 3.8) is 0 Å². The Morgan fingerprint density at radius 1 is 1.31 bits per heavy atom. The van der Waals surface area contributed by atoms with Gasteiger partial charge in [-0.3, -0.25) is 4.79 Å². The molecule has 0 aliphatic heterocycles. The number of carbonyl (C=O) groups excluding carboxylic acids is 1. The SMILES string of the molecule is CCn1c(SCC(=O)OCc2cn3ccccc3c2C#N)nnc1-c1cccs1. The summed E-state index contributed by atoms with van der Waals surface area (Å²) in [6, 6.07) is 11.8. The molecule has 4 heterocycles. The Morgan fingerprint density at radius 3 is 2.97 bits per heavy atom. The number of nitrogens with zero attached hydrogens (tertiary/aromatic N) is 5. The number of thioether (sulfide) groups is 1. The van der Waals surface area contributed by atoms with Crippen LogP contribution in [-0.2, 0) is 22.7 Å². The number of carbonyl (C=O) groups is 1. The molecule has 4 aromatic rings. The fourth-order valence-electron chi connectivity index (χ4n) is 3.01. The number of hydrogen-bond acceptors (Lipinski definition) is 7. The molecule has 0 saturated carbocycles. The standard InChI is InChI=1S/C20H17N5O2S2/c1-2-25-19(17-7-5-9-28-17)22-23-20(25)29-13-18(26)27-12-14-11-24-8-4-3-6-16(24)15(14)10-21/h3-9,11H,2,12-13H2,1H3. The number of pyridine rings is 1. The number of aromatic nitrogens is 4. The second-order valence-corrected chi connectivity index (χ2v) is 8.00. The van der Waals surface area contributed by atoms with Gasteiger partial charge >= 0.3 is 5.97 Å². The summed E-state index contributed by atoms with van der Waals surface area (Å²) in [6.45, 7) is 2.79. The van der Waals surface area contributed by atoms with Gasteiger partial charge in [-0.25, -0.2) is 0 Å². The van der Waals surface area contributed by atoms with Crippen molar-refractivity contribution in [3.05, 3.63) is 59.2 Å². The van der Waals surface area contributed by atoms with E-state index in [0.29, 0.717) is 22.8 Å². The Bertz CT molecular complexity index is 1190. The molecule has 0 atom stereocenters. The molecule has 0 N–H and O–H groups in total. The highest BCUT2D eigenvalue weighted by Gasteiger charge is 2.16. The summed E-state index contributed by atoms with van der Waals surface area (Å²) in [5.41, 5.74) is 2.01. The Kier molecular flexibility index (Phi) is 5.64. The number of ether oxygens (including phenoxy) is 1. The average Bonchev–Trinajstić information content (AvgIpc) is 3.47. The molecule has 146 valence electrons. The molecule has 0 unspecified atom stereocenters. The van der Waals surface area contributed by atoms with E-state index in [0.717, 1.165) is 16.2 Å². The van der Waals surface area contributed by atoms with E-state index in [-0.39, 0.29) is 18.3 Å². The van der Waals surface area contributed by atoms with E-state index < -0.39 is 0 Å². The topological polar surface area (TPSA) is 85.2 Å². The van der Waals surface area contributed by atoms with Gasteiger partial charge in [-0.1, -0.05) is 23.9 Å². The van der Waals surface area contributed by atoms with Crippen molar-refractivity contribution in [1.82, 2.24) is 19.2 Å². The molecule has 0 aliphatic rings. The highest BCUT2D eigenvalue weighted by molar-refractivity contribution is 7.99. The number of rotatable bonds is 7. The summed E-state index contributed by atoms with van der Waals surface area (Å²) in [5, 5.41) is 20.6. The fraction of sp³-hybridized carbons (Fsp3) is 0.200.